The Morgan fingerprint density at radius 3 is 2.46 bits per heavy atom. The monoisotopic (exact) mass is 200 g/mol. The molecule has 0 aliphatic carbocycles. The van der Waals surface area contributed by atoms with E-state index in [4.69, 9.17) is 10.5 Å². The summed E-state index contributed by atoms with van der Waals surface area (Å²) in [6, 6.07) is 5.39. The third-order valence-corrected chi connectivity index (χ3v) is 3.39. The van der Waals surface area contributed by atoms with Crippen molar-refractivity contribution >= 4 is 18.5 Å². The van der Waals surface area contributed by atoms with E-state index in [-0.39, 0.29) is 0 Å². The molecule has 0 fully saturated rings. The van der Waals surface area contributed by atoms with Gasteiger partial charge in [0.05, 0.1) is 26.1 Å². The summed E-state index contributed by atoms with van der Waals surface area (Å²) in [6.45, 7) is 3.66. The summed E-state index contributed by atoms with van der Waals surface area (Å²) < 4.78 is 5.06. The van der Waals surface area contributed by atoms with E-state index in [1.54, 1.807) is 19.2 Å². The highest BCUT2D eigenvalue weighted by Gasteiger charge is 2.25. The largest absolute Gasteiger partial charge is 0.494 e. The summed E-state index contributed by atoms with van der Waals surface area (Å²) in [6.07, 6.45) is 0. The Kier molecular flexibility index (Phi) is 2.79. The molecular weight excluding hydrogens is 185 g/mol. The smallest absolute Gasteiger partial charge is 0.168 e. The van der Waals surface area contributed by atoms with Crippen LogP contribution in [0.4, 0.5) is 5.69 Å². The van der Waals surface area contributed by atoms with Crippen LogP contribution >= 0.6 is 7.49 Å². The molecule has 0 amide bonds. The van der Waals surface area contributed by atoms with E-state index in [2.05, 4.69) is 0 Å². The first-order valence-corrected chi connectivity index (χ1v) is 6.59. The Labute approximate surface area is 78.9 Å². The molecule has 0 bridgehead atoms. The molecule has 0 saturated carbocycles. The molecule has 0 unspecified atom stereocenters. The van der Waals surface area contributed by atoms with Crippen LogP contribution < -0.4 is 15.8 Å². The van der Waals surface area contributed by atoms with E-state index in [0.717, 1.165) is 5.30 Å². The number of nitrogens with two attached hydrogens (primary N) is 1. The van der Waals surface area contributed by atoms with Gasteiger partial charge in [0.15, 0.2) is 7.49 Å². The molecule has 0 spiro atoms. The molecule has 3 nitrogen and oxygen atoms in total. The third kappa shape index (κ3) is 2.33. The van der Waals surface area contributed by atoms with Crippen LogP contribution in [0, 0.1) is 0 Å². The van der Waals surface area contributed by atoms with Crippen LogP contribution in [0.3, 0.4) is 0 Å². The highest BCUT2D eigenvalue weighted by Crippen LogP contribution is 2.45. The third-order valence-electron chi connectivity index (χ3n) is 1.85. The molecule has 0 saturated heterocycles. The Morgan fingerprint density at radius 2 is 2.00 bits per heavy atom. The zero-order valence-electron chi connectivity index (χ0n) is 8.11. The molecule has 0 aromatic heterocycles. The summed E-state index contributed by atoms with van der Waals surface area (Å²) in [5, 5.41) is 0.901. The van der Waals surface area contributed by atoms with Gasteiger partial charge in [0.25, 0.3) is 0 Å². The number of nitrogen functional groups attached to an aromatic ring is 1. The minimum atomic E-state index is -1.96. The minimum Gasteiger partial charge on any atom is -0.494 e. The van der Waals surface area contributed by atoms with Gasteiger partial charge in [0, 0.05) is 6.07 Å². The molecule has 0 aliphatic heterocycles. The lowest BCUT2D eigenvalue weighted by atomic mass is 10.3. The number of benzene rings is 1. The van der Waals surface area contributed by atoms with E-state index in [1.165, 1.54) is 0 Å². The molecule has 3 N–H and O–H groups in total. The van der Waals surface area contributed by atoms with E-state index in [0.29, 0.717) is 11.4 Å². The van der Waals surface area contributed by atoms with Crippen molar-refractivity contribution in [3.63, 3.8) is 0 Å². The summed E-state index contributed by atoms with van der Waals surface area (Å²) >= 11 is 0. The summed E-state index contributed by atoms with van der Waals surface area (Å²) in [5.41, 5.74) is 6.25. The van der Waals surface area contributed by atoms with Crippen molar-refractivity contribution in [2.75, 3.05) is 26.2 Å². The van der Waals surface area contributed by atoms with Gasteiger partial charge in [-0.3, -0.25) is 0 Å². The number of methoxy groups -OCH3 is 1. The Morgan fingerprint density at radius 1 is 1.38 bits per heavy atom. The van der Waals surface area contributed by atoms with Crippen molar-refractivity contribution in [2.45, 2.75) is 0 Å². The second-order valence-electron chi connectivity index (χ2n) is 3.32. The van der Waals surface area contributed by atoms with Crippen LogP contribution in [0.2, 0.25) is 0 Å². The van der Waals surface area contributed by atoms with Gasteiger partial charge in [-0.2, -0.15) is 0 Å². The zero-order chi connectivity index (χ0) is 10.1. The van der Waals surface area contributed by atoms with Gasteiger partial charge in [-0.1, -0.05) is 0 Å². The van der Waals surface area contributed by atoms with Gasteiger partial charge in [-0.05, 0) is 12.1 Å². The van der Waals surface area contributed by atoms with Crippen LogP contribution in [0.25, 0.3) is 0 Å². The second kappa shape index (κ2) is 3.52. The number of anilines is 1. The minimum absolute atomic E-state index is 0.597. The van der Waals surface area contributed by atoms with Crippen molar-refractivity contribution in [3.8, 4) is 5.75 Å². The van der Waals surface area contributed by atoms with E-state index in [1.807, 2.05) is 19.4 Å². The van der Waals surface area contributed by atoms with E-state index >= 15 is 0 Å². The van der Waals surface area contributed by atoms with Crippen LogP contribution in [0.15, 0.2) is 18.2 Å². The quantitative estimate of drug-likeness (QED) is 0.555. The second-order valence-corrected chi connectivity index (χ2v) is 6.63. The molecular formula is C9H15NO2P+. The van der Waals surface area contributed by atoms with E-state index < -0.39 is 7.49 Å². The van der Waals surface area contributed by atoms with Gasteiger partial charge in [-0.25, -0.2) is 4.89 Å². The predicted molar refractivity (Wildman–Crippen MR) is 58.0 cm³/mol. The molecule has 0 heterocycles. The highest BCUT2D eigenvalue weighted by molar-refractivity contribution is 7.76. The lowest BCUT2D eigenvalue weighted by Gasteiger charge is -2.11. The molecule has 0 aliphatic rings. The molecule has 13 heavy (non-hydrogen) atoms. The molecule has 1 aromatic rings. The molecule has 72 valence electrons. The summed E-state index contributed by atoms with van der Waals surface area (Å²) in [5.74, 6) is 0.625. The maximum Gasteiger partial charge on any atom is 0.168 e. The lowest BCUT2D eigenvalue weighted by Crippen LogP contribution is -2.09. The predicted octanol–water partition coefficient (Wildman–Crippen LogP) is 1.09. The highest BCUT2D eigenvalue weighted by atomic mass is 31.2. The van der Waals surface area contributed by atoms with Gasteiger partial charge in [0.2, 0.25) is 0 Å². The first-order chi connectivity index (χ1) is 5.95. The maximum atomic E-state index is 9.81. The van der Waals surface area contributed by atoms with Gasteiger partial charge in [0.1, 0.15) is 11.1 Å². The van der Waals surface area contributed by atoms with Crippen molar-refractivity contribution in [3.05, 3.63) is 18.2 Å². The summed E-state index contributed by atoms with van der Waals surface area (Å²) in [7, 11) is -0.396. The molecule has 1 aromatic carbocycles. The van der Waals surface area contributed by atoms with Crippen LogP contribution in [-0.4, -0.2) is 25.3 Å². The molecule has 4 heteroatoms. The van der Waals surface area contributed by atoms with E-state index in [9.17, 15) is 4.89 Å². The number of hydrogen-bond acceptors (Lipinski definition) is 3. The Hall–Kier alpha value is -0.790. The normalized spacial score (nSPS) is 11.4. The van der Waals surface area contributed by atoms with Crippen LogP contribution in [0.1, 0.15) is 0 Å². The van der Waals surface area contributed by atoms with Crippen molar-refractivity contribution < 1.29 is 9.63 Å². The summed E-state index contributed by atoms with van der Waals surface area (Å²) in [4.78, 5) is 9.81. The van der Waals surface area contributed by atoms with Gasteiger partial charge in [-0.15, -0.1) is 0 Å². The molecule has 0 atom stereocenters. The molecule has 0 radical (unpaired) electrons. The first kappa shape index (κ1) is 10.3. The standard InChI is InChI=1S/C9H15NO2P/c1-12-9-6-7(13(2,3)11)4-5-8(9)10/h4-6,11H,10H2,1-3H3/q+1. The average molecular weight is 200 g/mol. The van der Waals surface area contributed by atoms with Crippen molar-refractivity contribution in [2.24, 2.45) is 0 Å². The SMILES string of the molecule is COc1cc([P+](C)(C)O)ccc1N. The maximum absolute atomic E-state index is 9.81. The average Bonchev–Trinajstić information content (AvgIpc) is 2.03. The number of ether oxygens (including phenoxy) is 1. The number of hydrogen-bond donors (Lipinski definition) is 2. The van der Waals surface area contributed by atoms with Crippen LogP contribution in [0.5, 0.6) is 5.75 Å². The zero-order valence-corrected chi connectivity index (χ0v) is 9.01. The van der Waals surface area contributed by atoms with Gasteiger partial charge >= 0.3 is 0 Å². The number of rotatable bonds is 2. The fourth-order valence-corrected chi connectivity index (χ4v) is 1.91. The topological polar surface area (TPSA) is 55.5 Å². The Balaban J connectivity index is 3.14. The lowest BCUT2D eigenvalue weighted by molar-refractivity contribution is 0.417. The fraction of sp³-hybridized carbons (Fsp3) is 0.333. The van der Waals surface area contributed by atoms with Crippen molar-refractivity contribution in [1.29, 1.82) is 0 Å². The van der Waals surface area contributed by atoms with Crippen molar-refractivity contribution in [1.82, 2.24) is 0 Å². The molecule has 1 rings (SSSR count). The fourth-order valence-electron chi connectivity index (χ4n) is 1.04. The van der Waals surface area contributed by atoms with Crippen LogP contribution in [-0.2, 0) is 0 Å². The first-order valence-electron chi connectivity index (χ1n) is 3.96. The van der Waals surface area contributed by atoms with Gasteiger partial charge < -0.3 is 10.5 Å². The Bertz CT molecular complexity index is 307.